The fourth-order valence-corrected chi connectivity index (χ4v) is 0.349. The second-order valence-electron chi connectivity index (χ2n) is 1.28. The van der Waals surface area contributed by atoms with Crippen LogP contribution in [-0.2, 0) is 4.74 Å². The van der Waals surface area contributed by atoms with Crippen LogP contribution in [0.2, 0.25) is 0 Å². The van der Waals surface area contributed by atoms with E-state index in [2.05, 4.69) is 4.99 Å². The highest BCUT2D eigenvalue weighted by molar-refractivity contribution is 5.91. The fraction of sp³-hybridized carbons (Fsp3) is 0. The van der Waals surface area contributed by atoms with Crippen molar-refractivity contribution in [3.05, 3.63) is 24.8 Å². The second kappa shape index (κ2) is 2.16. The fourth-order valence-electron chi connectivity index (χ4n) is 0.349. The minimum atomic E-state index is 0.457. The zero-order valence-electron chi connectivity index (χ0n) is 4.24. The van der Waals surface area contributed by atoms with Crippen molar-refractivity contribution < 1.29 is 4.74 Å². The van der Waals surface area contributed by atoms with Crippen molar-refractivity contribution in [3.8, 4) is 0 Å². The van der Waals surface area contributed by atoms with Crippen LogP contribution in [0.25, 0.3) is 0 Å². The second-order valence-corrected chi connectivity index (χ2v) is 1.28. The topological polar surface area (TPSA) is 47.6 Å². The average molecular weight is 110 g/mol. The largest absolute Gasteiger partial charge is 0.471 e. The third-order valence-electron chi connectivity index (χ3n) is 0.680. The van der Waals surface area contributed by atoms with Crippen LogP contribution in [0, 0.1) is 0 Å². The molecular weight excluding hydrogens is 104 g/mol. The first kappa shape index (κ1) is 4.90. The Balaban J connectivity index is 2.73. The van der Waals surface area contributed by atoms with Crippen LogP contribution in [-0.4, -0.2) is 5.84 Å². The number of rotatable bonds is 0. The molecule has 0 aliphatic carbocycles. The van der Waals surface area contributed by atoms with Gasteiger partial charge in [-0.2, -0.15) is 0 Å². The molecule has 0 spiro atoms. The Hall–Kier alpha value is -1.25. The number of nitrogens with zero attached hydrogens (tertiary/aromatic N) is 1. The van der Waals surface area contributed by atoms with E-state index in [4.69, 9.17) is 10.5 Å². The van der Waals surface area contributed by atoms with Crippen LogP contribution in [0.3, 0.4) is 0 Å². The van der Waals surface area contributed by atoms with Crippen LogP contribution in [0.15, 0.2) is 29.8 Å². The van der Waals surface area contributed by atoms with Gasteiger partial charge >= 0.3 is 0 Å². The maximum Gasteiger partial charge on any atom is 0.126 e. The van der Waals surface area contributed by atoms with Crippen molar-refractivity contribution >= 4 is 5.84 Å². The lowest BCUT2D eigenvalue weighted by molar-refractivity contribution is 0.403. The molecule has 0 aromatic rings. The predicted molar refractivity (Wildman–Crippen MR) is 31.0 cm³/mol. The zero-order chi connectivity index (χ0) is 5.82. The van der Waals surface area contributed by atoms with Gasteiger partial charge in [0.15, 0.2) is 0 Å². The van der Waals surface area contributed by atoms with E-state index in [-0.39, 0.29) is 0 Å². The maximum atomic E-state index is 5.27. The molecule has 1 aliphatic heterocycles. The lowest BCUT2D eigenvalue weighted by Crippen LogP contribution is -2.05. The lowest BCUT2D eigenvalue weighted by atomic mass is 10.6. The van der Waals surface area contributed by atoms with Crippen molar-refractivity contribution in [2.45, 2.75) is 0 Å². The van der Waals surface area contributed by atoms with E-state index in [1.165, 1.54) is 18.7 Å². The summed E-state index contributed by atoms with van der Waals surface area (Å²) < 4.78 is 4.71. The van der Waals surface area contributed by atoms with Gasteiger partial charge in [-0.15, -0.1) is 0 Å². The molecule has 2 N–H and O–H groups in total. The summed E-state index contributed by atoms with van der Waals surface area (Å²) in [5.41, 5.74) is 5.27. The summed E-state index contributed by atoms with van der Waals surface area (Å²) in [6, 6.07) is 0. The van der Waals surface area contributed by atoms with Gasteiger partial charge in [0.25, 0.3) is 0 Å². The third kappa shape index (κ3) is 1.11. The number of amidine groups is 1. The van der Waals surface area contributed by atoms with Crippen molar-refractivity contribution in [1.82, 2.24) is 0 Å². The highest BCUT2D eigenvalue weighted by Crippen LogP contribution is 1.87. The van der Waals surface area contributed by atoms with Gasteiger partial charge in [0.2, 0.25) is 0 Å². The Labute approximate surface area is 47.2 Å². The van der Waals surface area contributed by atoms with E-state index < -0.39 is 0 Å². The van der Waals surface area contributed by atoms with Gasteiger partial charge in [-0.25, -0.2) is 4.99 Å². The number of hydrogen-bond acceptors (Lipinski definition) is 3. The summed E-state index contributed by atoms with van der Waals surface area (Å²) in [6.45, 7) is 0. The van der Waals surface area contributed by atoms with Crippen LogP contribution >= 0.6 is 0 Å². The van der Waals surface area contributed by atoms with Gasteiger partial charge in [0.1, 0.15) is 12.1 Å². The maximum absolute atomic E-state index is 5.27. The molecule has 0 fully saturated rings. The van der Waals surface area contributed by atoms with Crippen molar-refractivity contribution in [2.75, 3.05) is 0 Å². The van der Waals surface area contributed by atoms with E-state index in [1.54, 1.807) is 6.08 Å². The molecule has 0 atom stereocenters. The highest BCUT2D eigenvalue weighted by Gasteiger charge is 1.82. The molecule has 0 bridgehead atoms. The van der Waals surface area contributed by atoms with Crippen LogP contribution < -0.4 is 5.73 Å². The molecule has 0 radical (unpaired) electrons. The normalized spacial score (nSPS) is 16.8. The molecule has 0 unspecified atom stereocenters. The molecule has 0 amide bonds. The Morgan fingerprint density at radius 2 is 2.38 bits per heavy atom. The van der Waals surface area contributed by atoms with Gasteiger partial charge in [0, 0.05) is 6.08 Å². The van der Waals surface area contributed by atoms with Crippen molar-refractivity contribution in [2.24, 2.45) is 10.7 Å². The molecule has 0 saturated heterocycles. The standard InChI is InChI=1S/C5H6N2O/c6-5-1-3-8-4-2-7-5/h1-4H,(H2,6,7). The average Bonchev–Trinajstić information content (AvgIpc) is 1.94. The molecule has 3 nitrogen and oxygen atoms in total. The molecular formula is C5H6N2O. The summed E-state index contributed by atoms with van der Waals surface area (Å²) in [7, 11) is 0. The summed E-state index contributed by atoms with van der Waals surface area (Å²) in [5.74, 6) is 0.457. The summed E-state index contributed by atoms with van der Waals surface area (Å²) in [5, 5.41) is 0. The highest BCUT2D eigenvalue weighted by atomic mass is 16.5. The first-order valence-corrected chi connectivity index (χ1v) is 2.20. The van der Waals surface area contributed by atoms with Crippen molar-refractivity contribution in [3.63, 3.8) is 0 Å². The minimum absolute atomic E-state index is 0.457. The van der Waals surface area contributed by atoms with E-state index >= 15 is 0 Å². The molecule has 42 valence electrons. The van der Waals surface area contributed by atoms with Gasteiger partial charge in [0.05, 0.1) is 12.5 Å². The summed E-state index contributed by atoms with van der Waals surface area (Å²) >= 11 is 0. The first-order chi connectivity index (χ1) is 3.89. The van der Waals surface area contributed by atoms with Gasteiger partial charge in [-0.3, -0.25) is 0 Å². The predicted octanol–water partition coefficient (Wildman–Crippen LogP) is 0.359. The van der Waals surface area contributed by atoms with Crippen LogP contribution in [0.5, 0.6) is 0 Å². The van der Waals surface area contributed by atoms with E-state index in [0.29, 0.717) is 5.84 Å². The van der Waals surface area contributed by atoms with E-state index in [9.17, 15) is 0 Å². The monoisotopic (exact) mass is 110 g/mol. The summed E-state index contributed by atoms with van der Waals surface area (Å²) in [4.78, 5) is 3.73. The van der Waals surface area contributed by atoms with Crippen molar-refractivity contribution in [1.29, 1.82) is 0 Å². The molecule has 0 aromatic heterocycles. The van der Waals surface area contributed by atoms with Crippen LogP contribution in [0.1, 0.15) is 0 Å². The quantitative estimate of drug-likeness (QED) is 0.489. The van der Waals surface area contributed by atoms with Gasteiger partial charge < -0.3 is 10.5 Å². The number of aliphatic imine (C=N–C) groups is 1. The number of nitrogens with two attached hydrogens (primary N) is 1. The molecule has 1 rings (SSSR count). The van der Waals surface area contributed by atoms with Gasteiger partial charge in [-0.05, 0) is 0 Å². The number of ether oxygens (including phenoxy) is 1. The Bertz CT molecular complexity index is 158. The minimum Gasteiger partial charge on any atom is -0.471 e. The zero-order valence-corrected chi connectivity index (χ0v) is 4.24. The SMILES string of the molecule is NC1=NC=COC=C1. The van der Waals surface area contributed by atoms with E-state index in [0.717, 1.165) is 0 Å². The lowest BCUT2D eigenvalue weighted by Gasteiger charge is -1.81. The molecule has 1 heterocycles. The molecule has 3 heteroatoms. The third-order valence-corrected chi connectivity index (χ3v) is 0.680. The first-order valence-electron chi connectivity index (χ1n) is 2.20. The smallest absolute Gasteiger partial charge is 0.126 e. The molecule has 8 heavy (non-hydrogen) atoms. The molecule has 1 aliphatic rings. The molecule has 0 saturated carbocycles. The Morgan fingerprint density at radius 3 is 3.25 bits per heavy atom. The summed E-state index contributed by atoms with van der Waals surface area (Å²) in [6.07, 6.45) is 6.01. The Morgan fingerprint density at radius 1 is 1.50 bits per heavy atom. The number of hydrogen-bond donors (Lipinski definition) is 1. The van der Waals surface area contributed by atoms with Gasteiger partial charge in [-0.1, -0.05) is 0 Å². The Kier molecular flexibility index (Phi) is 1.32. The molecule has 0 aromatic carbocycles. The van der Waals surface area contributed by atoms with Crippen LogP contribution in [0.4, 0.5) is 0 Å². The van der Waals surface area contributed by atoms with E-state index in [1.807, 2.05) is 0 Å².